The maximum absolute atomic E-state index is 12.2. The van der Waals surface area contributed by atoms with Gasteiger partial charge in [0, 0.05) is 22.3 Å². The highest BCUT2D eigenvalue weighted by atomic mass is 35.5. The van der Waals surface area contributed by atoms with Crippen molar-refractivity contribution in [2.75, 3.05) is 10.6 Å². The lowest BCUT2D eigenvalue weighted by Gasteiger charge is -2.08. The molecule has 25 heavy (non-hydrogen) atoms. The smallest absolute Gasteiger partial charge is 0.274 e. The number of nitrogens with zero attached hydrogens (tertiary/aromatic N) is 1. The summed E-state index contributed by atoms with van der Waals surface area (Å²) < 4.78 is 0. The van der Waals surface area contributed by atoms with Crippen LogP contribution in [0.2, 0.25) is 10.0 Å². The van der Waals surface area contributed by atoms with Gasteiger partial charge >= 0.3 is 0 Å². The van der Waals surface area contributed by atoms with E-state index in [1.165, 1.54) is 0 Å². The standard InChI is InChI=1S/C19H15Cl2N3O/c20-14-3-1-13(2-4-14)11-22-17-9-10-18(23-12-17)19(25)24-16-7-5-15(21)6-8-16/h1-10,12,22H,11H2,(H,24,25). The van der Waals surface area contributed by atoms with Gasteiger partial charge in [-0.25, -0.2) is 4.98 Å². The van der Waals surface area contributed by atoms with Gasteiger partial charge < -0.3 is 10.6 Å². The zero-order valence-corrected chi connectivity index (χ0v) is 14.7. The van der Waals surface area contributed by atoms with Crippen molar-refractivity contribution >= 4 is 40.5 Å². The molecule has 0 aliphatic rings. The van der Waals surface area contributed by atoms with E-state index < -0.39 is 0 Å². The predicted octanol–water partition coefficient (Wildman–Crippen LogP) is 5.25. The number of amides is 1. The van der Waals surface area contributed by atoms with Crippen molar-refractivity contribution in [3.8, 4) is 0 Å². The maximum Gasteiger partial charge on any atom is 0.274 e. The van der Waals surface area contributed by atoms with Gasteiger partial charge in [0.15, 0.2) is 0 Å². The summed E-state index contributed by atoms with van der Waals surface area (Å²) >= 11 is 11.7. The first kappa shape index (κ1) is 17.3. The second-order valence-electron chi connectivity index (χ2n) is 5.37. The zero-order chi connectivity index (χ0) is 17.6. The number of carbonyl (C=O) groups excluding carboxylic acids is 1. The Labute approximate surface area is 155 Å². The van der Waals surface area contributed by atoms with Crippen molar-refractivity contribution in [2.24, 2.45) is 0 Å². The molecule has 0 radical (unpaired) electrons. The number of benzene rings is 2. The van der Waals surface area contributed by atoms with E-state index in [-0.39, 0.29) is 5.91 Å². The van der Waals surface area contributed by atoms with Crippen molar-refractivity contribution in [3.05, 3.63) is 88.2 Å². The number of anilines is 2. The summed E-state index contributed by atoms with van der Waals surface area (Å²) in [7, 11) is 0. The Hall–Kier alpha value is -2.56. The summed E-state index contributed by atoms with van der Waals surface area (Å²) in [5.74, 6) is -0.272. The molecule has 1 amide bonds. The van der Waals surface area contributed by atoms with Crippen LogP contribution in [-0.2, 0) is 6.54 Å². The van der Waals surface area contributed by atoms with Crippen molar-refractivity contribution in [3.63, 3.8) is 0 Å². The maximum atomic E-state index is 12.2. The molecule has 126 valence electrons. The van der Waals surface area contributed by atoms with Crippen LogP contribution in [0.3, 0.4) is 0 Å². The first-order valence-corrected chi connectivity index (χ1v) is 8.37. The minimum absolute atomic E-state index is 0.272. The Balaban J connectivity index is 1.58. The zero-order valence-electron chi connectivity index (χ0n) is 13.2. The molecule has 6 heteroatoms. The van der Waals surface area contributed by atoms with Crippen molar-refractivity contribution in [2.45, 2.75) is 6.54 Å². The molecule has 0 aliphatic carbocycles. The Morgan fingerprint density at radius 2 is 1.44 bits per heavy atom. The molecule has 0 atom stereocenters. The third-order valence-corrected chi connectivity index (χ3v) is 4.01. The first-order valence-electron chi connectivity index (χ1n) is 7.61. The molecule has 3 rings (SSSR count). The van der Waals surface area contributed by atoms with Gasteiger partial charge in [0.05, 0.1) is 11.9 Å². The van der Waals surface area contributed by atoms with Crippen LogP contribution < -0.4 is 10.6 Å². The molecule has 2 aromatic carbocycles. The van der Waals surface area contributed by atoms with Crippen molar-refractivity contribution in [1.29, 1.82) is 0 Å². The first-order chi connectivity index (χ1) is 12.1. The van der Waals surface area contributed by atoms with Gasteiger partial charge in [-0.2, -0.15) is 0 Å². The summed E-state index contributed by atoms with van der Waals surface area (Å²) in [5, 5.41) is 7.35. The second kappa shape index (κ2) is 8.01. The van der Waals surface area contributed by atoms with Crippen LogP contribution in [0.1, 0.15) is 16.1 Å². The number of nitrogens with one attached hydrogen (secondary N) is 2. The highest BCUT2D eigenvalue weighted by molar-refractivity contribution is 6.30. The molecule has 0 bridgehead atoms. The Morgan fingerprint density at radius 1 is 0.840 bits per heavy atom. The minimum Gasteiger partial charge on any atom is -0.380 e. The van der Waals surface area contributed by atoms with E-state index in [4.69, 9.17) is 23.2 Å². The molecule has 3 aromatic rings. The fourth-order valence-corrected chi connectivity index (χ4v) is 2.42. The summed E-state index contributed by atoms with van der Waals surface area (Å²) in [6.07, 6.45) is 1.63. The molecule has 0 saturated carbocycles. The number of pyridine rings is 1. The van der Waals surface area contributed by atoms with Gasteiger partial charge in [0.25, 0.3) is 5.91 Å². The van der Waals surface area contributed by atoms with Gasteiger partial charge in [-0.05, 0) is 54.1 Å². The number of halogens is 2. The normalized spacial score (nSPS) is 10.3. The summed E-state index contributed by atoms with van der Waals surface area (Å²) in [5.41, 5.74) is 2.94. The minimum atomic E-state index is -0.272. The van der Waals surface area contributed by atoms with E-state index in [2.05, 4.69) is 15.6 Å². The largest absolute Gasteiger partial charge is 0.380 e. The van der Waals surface area contributed by atoms with Crippen LogP contribution in [0.4, 0.5) is 11.4 Å². The fraction of sp³-hybridized carbons (Fsp3) is 0.0526. The molecular weight excluding hydrogens is 357 g/mol. The average Bonchev–Trinajstić information content (AvgIpc) is 2.63. The van der Waals surface area contributed by atoms with Gasteiger partial charge in [-0.3, -0.25) is 4.79 Å². The number of rotatable bonds is 5. The predicted molar refractivity (Wildman–Crippen MR) is 102 cm³/mol. The lowest BCUT2D eigenvalue weighted by atomic mass is 10.2. The van der Waals surface area contributed by atoms with Crippen LogP contribution in [0.15, 0.2) is 66.9 Å². The van der Waals surface area contributed by atoms with Crippen molar-refractivity contribution < 1.29 is 4.79 Å². The van der Waals surface area contributed by atoms with Crippen LogP contribution in [0, 0.1) is 0 Å². The van der Waals surface area contributed by atoms with Crippen LogP contribution in [-0.4, -0.2) is 10.9 Å². The Kier molecular flexibility index (Phi) is 5.53. The van der Waals surface area contributed by atoms with E-state index in [9.17, 15) is 4.79 Å². The number of hydrogen-bond acceptors (Lipinski definition) is 3. The molecule has 4 nitrogen and oxygen atoms in total. The molecule has 1 aromatic heterocycles. The van der Waals surface area contributed by atoms with Crippen molar-refractivity contribution in [1.82, 2.24) is 4.98 Å². The second-order valence-corrected chi connectivity index (χ2v) is 6.25. The fourth-order valence-electron chi connectivity index (χ4n) is 2.17. The summed E-state index contributed by atoms with van der Waals surface area (Å²) in [4.78, 5) is 16.4. The van der Waals surface area contributed by atoms with E-state index in [0.717, 1.165) is 11.3 Å². The molecule has 0 aliphatic heterocycles. The quantitative estimate of drug-likeness (QED) is 0.643. The van der Waals surface area contributed by atoms with Gasteiger partial charge in [0.1, 0.15) is 5.69 Å². The number of aromatic nitrogens is 1. The van der Waals surface area contributed by atoms with Crippen LogP contribution >= 0.6 is 23.2 Å². The molecule has 0 spiro atoms. The van der Waals surface area contributed by atoms with Gasteiger partial charge in [-0.1, -0.05) is 35.3 Å². The SMILES string of the molecule is O=C(Nc1ccc(Cl)cc1)c1ccc(NCc2ccc(Cl)cc2)cn1. The number of hydrogen-bond donors (Lipinski definition) is 2. The molecule has 0 fully saturated rings. The van der Waals surface area contributed by atoms with E-state index in [1.54, 1.807) is 36.5 Å². The molecule has 0 saturated heterocycles. The van der Waals surface area contributed by atoms with Gasteiger partial charge in [-0.15, -0.1) is 0 Å². The average molecular weight is 372 g/mol. The number of carbonyl (C=O) groups is 1. The third kappa shape index (κ3) is 4.95. The molecule has 2 N–H and O–H groups in total. The van der Waals surface area contributed by atoms with E-state index in [0.29, 0.717) is 28.0 Å². The highest BCUT2D eigenvalue weighted by Crippen LogP contribution is 2.15. The lowest BCUT2D eigenvalue weighted by Crippen LogP contribution is -2.13. The van der Waals surface area contributed by atoms with Crippen LogP contribution in [0.25, 0.3) is 0 Å². The van der Waals surface area contributed by atoms with Crippen LogP contribution in [0.5, 0.6) is 0 Å². The topological polar surface area (TPSA) is 54.0 Å². The molecular formula is C19H15Cl2N3O. The lowest BCUT2D eigenvalue weighted by molar-refractivity contribution is 0.102. The molecule has 1 heterocycles. The summed E-state index contributed by atoms with van der Waals surface area (Å²) in [6, 6.07) is 18.0. The van der Waals surface area contributed by atoms with E-state index in [1.807, 2.05) is 30.3 Å². The Morgan fingerprint density at radius 3 is 2.04 bits per heavy atom. The summed E-state index contributed by atoms with van der Waals surface area (Å²) in [6.45, 7) is 0.648. The highest BCUT2D eigenvalue weighted by Gasteiger charge is 2.07. The van der Waals surface area contributed by atoms with Gasteiger partial charge in [0.2, 0.25) is 0 Å². The Bertz CT molecular complexity index is 847. The molecule has 0 unspecified atom stereocenters. The monoisotopic (exact) mass is 371 g/mol. The third-order valence-electron chi connectivity index (χ3n) is 3.51. The van der Waals surface area contributed by atoms with E-state index >= 15 is 0 Å².